The van der Waals surface area contributed by atoms with Crippen LogP contribution in [-0.4, -0.2) is 9.55 Å². The largest absolute Gasteiger partial charge is 0.292 e. The van der Waals surface area contributed by atoms with E-state index in [0.717, 1.165) is 28.1 Å². The van der Waals surface area contributed by atoms with Gasteiger partial charge in [0, 0.05) is 11.3 Å². The van der Waals surface area contributed by atoms with Crippen molar-refractivity contribution in [2.24, 2.45) is 0 Å². The number of benzene rings is 11. The van der Waals surface area contributed by atoms with E-state index in [1.54, 1.807) is 0 Å². The van der Waals surface area contributed by atoms with Gasteiger partial charge in [-0.2, -0.15) is 0 Å². The van der Waals surface area contributed by atoms with Crippen LogP contribution in [0.3, 0.4) is 0 Å². The standard InChI is InChI=1S/C59H38N2/c1-3-17-39(18-4-1)55-45-21-7-9-23-47(45)56(48-24-10-8-22-46(48)55)40-31-33-41(34-32-40)57-49-25-11-13-27-51(49)58(52-28-14-12-26-50(52)57)42-35-37-43(38-36-42)59-60-53-29-15-16-30-54(53)61(59)44-19-5-2-6-20-44/h1-38H. The summed E-state index contributed by atoms with van der Waals surface area (Å²) in [5.41, 5.74) is 14.1. The molecule has 0 aliphatic heterocycles. The molecule has 0 atom stereocenters. The quantitative estimate of drug-likeness (QED) is 0.154. The zero-order valence-electron chi connectivity index (χ0n) is 33.3. The third-order valence-corrected chi connectivity index (χ3v) is 12.4. The minimum atomic E-state index is 0.931. The van der Waals surface area contributed by atoms with Crippen LogP contribution >= 0.6 is 0 Å². The topological polar surface area (TPSA) is 17.8 Å². The van der Waals surface area contributed by atoms with E-state index in [1.807, 2.05) is 0 Å². The van der Waals surface area contributed by atoms with Crippen LogP contribution in [-0.2, 0) is 0 Å². The van der Waals surface area contributed by atoms with E-state index < -0.39 is 0 Å². The first-order chi connectivity index (χ1) is 30.3. The molecule has 11 aromatic carbocycles. The zero-order chi connectivity index (χ0) is 40.3. The van der Waals surface area contributed by atoms with E-state index in [0.29, 0.717) is 0 Å². The van der Waals surface area contributed by atoms with E-state index in [4.69, 9.17) is 4.98 Å². The van der Waals surface area contributed by atoms with Crippen LogP contribution in [0.1, 0.15) is 0 Å². The Kier molecular flexibility index (Phi) is 8.21. The molecule has 0 fully saturated rings. The fraction of sp³-hybridized carbons (Fsp3) is 0. The average Bonchev–Trinajstić information content (AvgIpc) is 3.73. The molecule has 0 saturated carbocycles. The number of para-hydroxylation sites is 3. The summed E-state index contributed by atoms with van der Waals surface area (Å²) in [5.74, 6) is 0.931. The van der Waals surface area contributed by atoms with Crippen molar-refractivity contribution in [2.45, 2.75) is 0 Å². The first-order valence-electron chi connectivity index (χ1n) is 21.0. The number of imidazole rings is 1. The summed E-state index contributed by atoms with van der Waals surface area (Å²) in [6, 6.07) is 83.6. The third-order valence-electron chi connectivity index (χ3n) is 12.4. The molecule has 2 heteroatoms. The minimum absolute atomic E-state index is 0.931. The summed E-state index contributed by atoms with van der Waals surface area (Å²) in [7, 11) is 0. The van der Waals surface area contributed by atoms with Crippen LogP contribution < -0.4 is 0 Å². The van der Waals surface area contributed by atoms with Gasteiger partial charge >= 0.3 is 0 Å². The average molecular weight is 775 g/mol. The second-order valence-corrected chi connectivity index (χ2v) is 15.8. The molecule has 1 aromatic heterocycles. The van der Waals surface area contributed by atoms with Gasteiger partial charge in [0.2, 0.25) is 0 Å². The van der Waals surface area contributed by atoms with E-state index >= 15 is 0 Å². The lowest BCUT2D eigenvalue weighted by Gasteiger charge is -2.19. The Balaban J connectivity index is 0.998. The molecular formula is C59H38N2. The number of rotatable bonds is 6. The fourth-order valence-electron chi connectivity index (χ4n) is 9.75. The first kappa shape index (κ1) is 34.9. The number of hydrogen-bond acceptors (Lipinski definition) is 1. The van der Waals surface area contributed by atoms with Crippen LogP contribution in [0.4, 0.5) is 0 Å². The molecule has 0 saturated heterocycles. The molecular weight excluding hydrogens is 737 g/mol. The van der Waals surface area contributed by atoms with Crippen LogP contribution in [0.25, 0.3) is 116 Å². The molecule has 12 aromatic rings. The Hall–Kier alpha value is -8.07. The van der Waals surface area contributed by atoms with Crippen molar-refractivity contribution in [3.05, 3.63) is 231 Å². The van der Waals surface area contributed by atoms with Gasteiger partial charge in [-0.15, -0.1) is 0 Å². The third kappa shape index (κ3) is 5.68. The van der Waals surface area contributed by atoms with Gasteiger partial charge in [-0.3, -0.25) is 4.57 Å². The Morgan fingerprint density at radius 1 is 0.246 bits per heavy atom. The maximum atomic E-state index is 5.14. The molecule has 0 unspecified atom stereocenters. The summed E-state index contributed by atoms with van der Waals surface area (Å²) in [6.45, 7) is 0. The van der Waals surface area contributed by atoms with Gasteiger partial charge in [-0.05, 0) is 112 Å². The number of aromatic nitrogens is 2. The molecule has 1 heterocycles. The van der Waals surface area contributed by atoms with Crippen molar-refractivity contribution in [2.75, 3.05) is 0 Å². The Bertz CT molecular complexity index is 3490. The van der Waals surface area contributed by atoms with Crippen molar-refractivity contribution in [1.29, 1.82) is 0 Å². The van der Waals surface area contributed by atoms with Crippen molar-refractivity contribution in [3.63, 3.8) is 0 Å². The Labute approximate surface area is 354 Å². The maximum absolute atomic E-state index is 5.14. The lowest BCUT2D eigenvalue weighted by Crippen LogP contribution is -1.97. The molecule has 2 nitrogen and oxygen atoms in total. The van der Waals surface area contributed by atoms with Gasteiger partial charge in [0.1, 0.15) is 5.82 Å². The lowest BCUT2D eigenvalue weighted by molar-refractivity contribution is 1.10. The van der Waals surface area contributed by atoms with Gasteiger partial charge in [-0.25, -0.2) is 4.98 Å². The predicted molar refractivity (Wildman–Crippen MR) is 258 cm³/mol. The summed E-state index contributed by atoms with van der Waals surface area (Å²) in [6.07, 6.45) is 0. The molecule has 0 aliphatic rings. The van der Waals surface area contributed by atoms with Crippen molar-refractivity contribution in [1.82, 2.24) is 9.55 Å². The van der Waals surface area contributed by atoms with Gasteiger partial charge in [0.25, 0.3) is 0 Å². The molecule has 0 bridgehead atoms. The summed E-state index contributed by atoms with van der Waals surface area (Å²) in [4.78, 5) is 5.14. The minimum Gasteiger partial charge on any atom is -0.292 e. The summed E-state index contributed by atoms with van der Waals surface area (Å²) in [5, 5.41) is 10.00. The van der Waals surface area contributed by atoms with Gasteiger partial charge in [-0.1, -0.05) is 206 Å². The summed E-state index contributed by atoms with van der Waals surface area (Å²) >= 11 is 0. The van der Waals surface area contributed by atoms with Crippen LogP contribution in [0.5, 0.6) is 0 Å². The molecule has 12 rings (SSSR count). The Morgan fingerprint density at radius 2 is 0.541 bits per heavy atom. The van der Waals surface area contributed by atoms with Crippen molar-refractivity contribution >= 4 is 54.1 Å². The van der Waals surface area contributed by atoms with Crippen LogP contribution in [0.2, 0.25) is 0 Å². The first-order valence-corrected chi connectivity index (χ1v) is 21.0. The van der Waals surface area contributed by atoms with Crippen LogP contribution in [0, 0.1) is 0 Å². The molecule has 61 heavy (non-hydrogen) atoms. The number of nitrogens with zero attached hydrogens (tertiary/aromatic N) is 2. The van der Waals surface area contributed by atoms with E-state index in [2.05, 4.69) is 235 Å². The monoisotopic (exact) mass is 774 g/mol. The van der Waals surface area contributed by atoms with E-state index in [1.165, 1.54) is 87.6 Å². The van der Waals surface area contributed by atoms with Gasteiger partial charge in [0.15, 0.2) is 0 Å². The van der Waals surface area contributed by atoms with E-state index in [-0.39, 0.29) is 0 Å². The van der Waals surface area contributed by atoms with Crippen molar-refractivity contribution < 1.29 is 0 Å². The SMILES string of the molecule is c1ccc(-c2c3ccccc3c(-c3ccc(-c4c5ccccc5c(-c5ccc(-c6nc7ccccc7n6-c6ccccc6)cc5)c5ccccc45)cc3)c3ccccc23)cc1. The normalized spacial score (nSPS) is 11.6. The van der Waals surface area contributed by atoms with E-state index in [9.17, 15) is 0 Å². The van der Waals surface area contributed by atoms with Crippen LogP contribution in [0.15, 0.2) is 231 Å². The molecule has 284 valence electrons. The number of hydrogen-bond donors (Lipinski definition) is 0. The lowest BCUT2D eigenvalue weighted by atomic mass is 9.84. The highest BCUT2D eigenvalue weighted by molar-refractivity contribution is 6.23. The van der Waals surface area contributed by atoms with Gasteiger partial charge in [0.05, 0.1) is 11.0 Å². The molecule has 0 N–H and O–H groups in total. The Morgan fingerprint density at radius 3 is 0.934 bits per heavy atom. The van der Waals surface area contributed by atoms with Gasteiger partial charge < -0.3 is 0 Å². The fourth-order valence-corrected chi connectivity index (χ4v) is 9.75. The highest BCUT2D eigenvalue weighted by Crippen LogP contribution is 2.47. The number of fused-ring (bicyclic) bond motifs is 5. The highest BCUT2D eigenvalue weighted by Gasteiger charge is 2.20. The highest BCUT2D eigenvalue weighted by atomic mass is 15.1. The zero-order valence-corrected chi connectivity index (χ0v) is 33.3. The second kappa shape index (κ2) is 14.3. The predicted octanol–water partition coefficient (Wildman–Crippen LogP) is 16.0. The molecule has 0 amide bonds. The smallest absolute Gasteiger partial charge is 0.145 e. The maximum Gasteiger partial charge on any atom is 0.145 e. The second-order valence-electron chi connectivity index (χ2n) is 15.8. The van der Waals surface area contributed by atoms with Crippen molar-refractivity contribution in [3.8, 4) is 61.6 Å². The molecule has 0 radical (unpaired) electrons. The summed E-state index contributed by atoms with van der Waals surface area (Å²) < 4.78 is 2.26. The molecule has 0 aliphatic carbocycles. The molecule has 0 spiro atoms.